The number of benzene rings is 1. The molecule has 0 amide bonds. The Labute approximate surface area is 75.8 Å². The van der Waals surface area contributed by atoms with Crippen molar-refractivity contribution in [3.05, 3.63) is 35.4 Å². The Kier molecular flexibility index (Phi) is 1.99. The largest absolute Gasteiger partial charge is 0.0876 e. The van der Waals surface area contributed by atoms with Crippen LogP contribution in [0.1, 0.15) is 29.9 Å². The number of hydrogen-bond acceptors (Lipinski definition) is 0. The van der Waals surface area contributed by atoms with Gasteiger partial charge in [0.25, 0.3) is 0 Å². The van der Waals surface area contributed by atoms with Crippen molar-refractivity contribution in [2.45, 2.75) is 24.1 Å². The highest BCUT2D eigenvalue weighted by molar-refractivity contribution is 9.08. The fourth-order valence-corrected chi connectivity index (χ4v) is 1.67. The van der Waals surface area contributed by atoms with E-state index in [1.807, 2.05) is 0 Å². The van der Waals surface area contributed by atoms with Crippen molar-refractivity contribution >= 4 is 15.9 Å². The summed E-state index contributed by atoms with van der Waals surface area (Å²) in [5, 5.41) is 0.970. The molecule has 1 aromatic rings. The summed E-state index contributed by atoms with van der Waals surface area (Å²) in [5.41, 5.74) is 2.89. The monoisotopic (exact) mass is 210 g/mol. The molecule has 1 fully saturated rings. The third kappa shape index (κ3) is 1.64. The van der Waals surface area contributed by atoms with Gasteiger partial charge in [-0.2, -0.15) is 0 Å². The van der Waals surface area contributed by atoms with Crippen molar-refractivity contribution in [3.63, 3.8) is 0 Å². The van der Waals surface area contributed by atoms with Gasteiger partial charge in [0.05, 0.1) is 0 Å². The Balaban J connectivity index is 2.19. The number of hydrogen-bond donors (Lipinski definition) is 0. The number of rotatable bonds is 2. The van der Waals surface area contributed by atoms with E-state index >= 15 is 0 Å². The standard InChI is InChI=1S/C10H11Br/c11-7-8-1-3-9(4-2-8)10-5-6-10/h1-4,10H,5-7H2. The molecule has 1 aromatic carbocycles. The maximum atomic E-state index is 3.43. The lowest BCUT2D eigenvalue weighted by Gasteiger charge is -1.98. The summed E-state index contributed by atoms with van der Waals surface area (Å²) in [6.07, 6.45) is 2.79. The molecule has 0 saturated heterocycles. The van der Waals surface area contributed by atoms with Crippen molar-refractivity contribution in [3.8, 4) is 0 Å². The van der Waals surface area contributed by atoms with Crippen LogP contribution in [0.25, 0.3) is 0 Å². The van der Waals surface area contributed by atoms with Gasteiger partial charge in [0.2, 0.25) is 0 Å². The molecule has 58 valence electrons. The third-order valence-electron chi connectivity index (χ3n) is 2.18. The summed E-state index contributed by atoms with van der Waals surface area (Å²) in [7, 11) is 0. The highest BCUT2D eigenvalue weighted by Crippen LogP contribution is 2.39. The molecular formula is C10H11Br. The molecule has 0 N–H and O–H groups in total. The minimum absolute atomic E-state index is 0.888. The van der Waals surface area contributed by atoms with Gasteiger partial charge in [-0.25, -0.2) is 0 Å². The zero-order valence-corrected chi connectivity index (χ0v) is 7.97. The third-order valence-corrected chi connectivity index (χ3v) is 2.83. The van der Waals surface area contributed by atoms with E-state index in [1.54, 1.807) is 0 Å². The van der Waals surface area contributed by atoms with Crippen LogP contribution in [-0.4, -0.2) is 0 Å². The maximum Gasteiger partial charge on any atom is 0.0283 e. The molecule has 0 heterocycles. The first kappa shape index (κ1) is 7.35. The van der Waals surface area contributed by atoms with E-state index in [2.05, 4.69) is 40.2 Å². The van der Waals surface area contributed by atoms with E-state index in [9.17, 15) is 0 Å². The van der Waals surface area contributed by atoms with E-state index in [0.29, 0.717) is 0 Å². The van der Waals surface area contributed by atoms with E-state index in [0.717, 1.165) is 11.2 Å². The smallest absolute Gasteiger partial charge is 0.0283 e. The Bertz CT molecular complexity index is 234. The van der Waals surface area contributed by atoms with Crippen LogP contribution in [0.2, 0.25) is 0 Å². The summed E-state index contributed by atoms with van der Waals surface area (Å²) in [6, 6.07) is 8.94. The Morgan fingerprint density at radius 2 is 1.82 bits per heavy atom. The van der Waals surface area contributed by atoms with E-state index < -0.39 is 0 Å². The van der Waals surface area contributed by atoms with Crippen LogP contribution in [0.4, 0.5) is 0 Å². The zero-order chi connectivity index (χ0) is 7.68. The van der Waals surface area contributed by atoms with Crippen molar-refractivity contribution in [2.24, 2.45) is 0 Å². The maximum absolute atomic E-state index is 3.43. The highest BCUT2D eigenvalue weighted by atomic mass is 79.9. The highest BCUT2D eigenvalue weighted by Gasteiger charge is 2.22. The van der Waals surface area contributed by atoms with Crippen molar-refractivity contribution in [1.29, 1.82) is 0 Å². The minimum atomic E-state index is 0.888. The second-order valence-corrected chi connectivity index (χ2v) is 3.71. The topological polar surface area (TPSA) is 0 Å². The quantitative estimate of drug-likeness (QED) is 0.657. The lowest BCUT2D eigenvalue weighted by molar-refractivity contribution is 1.12. The number of halogens is 1. The summed E-state index contributed by atoms with van der Waals surface area (Å²) < 4.78 is 0. The average Bonchev–Trinajstić information content (AvgIpc) is 2.87. The van der Waals surface area contributed by atoms with Gasteiger partial charge in [0, 0.05) is 5.33 Å². The molecule has 0 aromatic heterocycles. The average molecular weight is 211 g/mol. The van der Waals surface area contributed by atoms with Crippen molar-refractivity contribution in [1.82, 2.24) is 0 Å². The van der Waals surface area contributed by atoms with Gasteiger partial charge in [-0.15, -0.1) is 0 Å². The molecule has 0 spiro atoms. The molecule has 0 bridgehead atoms. The molecule has 1 aliphatic carbocycles. The molecule has 0 radical (unpaired) electrons. The second kappa shape index (κ2) is 2.98. The Hall–Kier alpha value is -0.300. The summed E-state index contributed by atoms with van der Waals surface area (Å²) in [6.45, 7) is 0. The fourth-order valence-electron chi connectivity index (χ4n) is 1.30. The Morgan fingerprint density at radius 1 is 1.18 bits per heavy atom. The van der Waals surface area contributed by atoms with Crippen LogP contribution in [0.5, 0.6) is 0 Å². The Morgan fingerprint density at radius 3 is 2.27 bits per heavy atom. The first-order valence-electron chi connectivity index (χ1n) is 4.05. The molecule has 11 heavy (non-hydrogen) atoms. The van der Waals surface area contributed by atoms with Gasteiger partial charge in [-0.05, 0) is 29.9 Å². The van der Waals surface area contributed by atoms with Gasteiger partial charge >= 0.3 is 0 Å². The minimum Gasteiger partial charge on any atom is -0.0876 e. The van der Waals surface area contributed by atoms with Gasteiger partial charge in [0.15, 0.2) is 0 Å². The van der Waals surface area contributed by atoms with Gasteiger partial charge in [-0.1, -0.05) is 40.2 Å². The SMILES string of the molecule is BrCc1ccc(C2CC2)cc1. The molecule has 1 heteroatoms. The number of alkyl halides is 1. The van der Waals surface area contributed by atoms with Gasteiger partial charge in [-0.3, -0.25) is 0 Å². The van der Waals surface area contributed by atoms with Crippen molar-refractivity contribution in [2.75, 3.05) is 0 Å². The van der Waals surface area contributed by atoms with Gasteiger partial charge < -0.3 is 0 Å². The van der Waals surface area contributed by atoms with Crippen LogP contribution < -0.4 is 0 Å². The van der Waals surface area contributed by atoms with Crippen LogP contribution in [-0.2, 0) is 5.33 Å². The van der Waals surface area contributed by atoms with Crippen LogP contribution in [0.15, 0.2) is 24.3 Å². The zero-order valence-electron chi connectivity index (χ0n) is 6.39. The predicted molar refractivity (Wildman–Crippen MR) is 51.0 cm³/mol. The van der Waals surface area contributed by atoms with Crippen LogP contribution >= 0.6 is 15.9 Å². The molecule has 2 rings (SSSR count). The summed E-state index contributed by atoms with van der Waals surface area (Å²) in [5.74, 6) is 0.888. The summed E-state index contributed by atoms with van der Waals surface area (Å²) in [4.78, 5) is 0. The lowest BCUT2D eigenvalue weighted by Crippen LogP contribution is -1.80. The molecule has 0 nitrogen and oxygen atoms in total. The molecule has 1 saturated carbocycles. The molecule has 1 aliphatic rings. The van der Waals surface area contributed by atoms with E-state index in [1.165, 1.54) is 24.0 Å². The fraction of sp³-hybridized carbons (Fsp3) is 0.400. The van der Waals surface area contributed by atoms with E-state index in [-0.39, 0.29) is 0 Å². The molecule has 0 atom stereocenters. The normalized spacial score (nSPS) is 16.8. The van der Waals surface area contributed by atoms with E-state index in [4.69, 9.17) is 0 Å². The first-order chi connectivity index (χ1) is 5.40. The van der Waals surface area contributed by atoms with Crippen molar-refractivity contribution < 1.29 is 0 Å². The first-order valence-corrected chi connectivity index (χ1v) is 5.17. The predicted octanol–water partition coefficient (Wildman–Crippen LogP) is 3.46. The molecule has 0 aliphatic heterocycles. The lowest BCUT2D eigenvalue weighted by atomic mass is 10.1. The summed E-state index contributed by atoms with van der Waals surface area (Å²) >= 11 is 3.43. The molecular weight excluding hydrogens is 200 g/mol. The van der Waals surface area contributed by atoms with Crippen LogP contribution in [0.3, 0.4) is 0 Å². The van der Waals surface area contributed by atoms with Crippen LogP contribution in [0, 0.1) is 0 Å². The molecule has 0 unspecified atom stereocenters. The van der Waals surface area contributed by atoms with Gasteiger partial charge in [0.1, 0.15) is 0 Å². The second-order valence-electron chi connectivity index (χ2n) is 3.15.